The van der Waals surface area contributed by atoms with Crippen molar-refractivity contribution in [2.75, 3.05) is 13.2 Å². The van der Waals surface area contributed by atoms with E-state index in [1.165, 1.54) is 17.3 Å². The van der Waals surface area contributed by atoms with Crippen molar-refractivity contribution in [1.29, 1.82) is 0 Å². The number of carbonyl (C=O) groups is 1. The summed E-state index contributed by atoms with van der Waals surface area (Å²) < 4.78 is 5.70. The van der Waals surface area contributed by atoms with Crippen molar-refractivity contribution in [2.45, 2.75) is 43.3 Å². The van der Waals surface area contributed by atoms with Crippen LogP contribution in [0.25, 0.3) is 0 Å². The van der Waals surface area contributed by atoms with Gasteiger partial charge in [0.1, 0.15) is 12.4 Å². The Labute approximate surface area is 165 Å². The van der Waals surface area contributed by atoms with Crippen LogP contribution in [0.3, 0.4) is 0 Å². The van der Waals surface area contributed by atoms with Gasteiger partial charge in [0.25, 0.3) is 0 Å². The zero-order valence-electron chi connectivity index (χ0n) is 15.7. The van der Waals surface area contributed by atoms with Gasteiger partial charge < -0.3 is 10.1 Å². The molecule has 0 bridgehead atoms. The van der Waals surface area contributed by atoms with Crippen molar-refractivity contribution in [2.24, 2.45) is 0 Å². The lowest BCUT2D eigenvalue weighted by Gasteiger charge is -2.19. The van der Waals surface area contributed by atoms with Gasteiger partial charge in [-0.2, -0.15) is 0 Å². The van der Waals surface area contributed by atoms with Crippen LogP contribution in [0, 0.1) is 0 Å². The summed E-state index contributed by atoms with van der Waals surface area (Å²) >= 11 is 7.38. The number of nitrogens with one attached hydrogen (secondary N) is 1. The number of carbonyl (C=O) groups excluding carboxylic acids is 1. The first-order valence-corrected chi connectivity index (χ1v) is 9.95. The monoisotopic (exact) mass is 391 g/mol. The van der Waals surface area contributed by atoms with Gasteiger partial charge in [0.05, 0.1) is 11.8 Å². The van der Waals surface area contributed by atoms with Gasteiger partial charge in [0, 0.05) is 9.92 Å². The van der Waals surface area contributed by atoms with Gasteiger partial charge in [-0.1, -0.05) is 44.5 Å². The molecule has 0 spiro atoms. The van der Waals surface area contributed by atoms with E-state index in [1.54, 1.807) is 0 Å². The molecule has 1 atom stereocenters. The largest absolute Gasteiger partial charge is 0.492 e. The van der Waals surface area contributed by atoms with Gasteiger partial charge in [-0.15, -0.1) is 11.8 Å². The first kappa shape index (κ1) is 20.7. The maximum atomic E-state index is 12.2. The van der Waals surface area contributed by atoms with E-state index < -0.39 is 0 Å². The van der Waals surface area contributed by atoms with Gasteiger partial charge in [-0.25, -0.2) is 0 Å². The van der Waals surface area contributed by atoms with Gasteiger partial charge in [-0.3, -0.25) is 4.79 Å². The minimum absolute atomic E-state index is 0.00312. The van der Waals surface area contributed by atoms with Gasteiger partial charge >= 0.3 is 0 Å². The van der Waals surface area contributed by atoms with Crippen LogP contribution in [0.15, 0.2) is 53.4 Å². The number of amides is 1. The Morgan fingerprint density at radius 2 is 1.73 bits per heavy atom. The normalized spacial score (nSPS) is 12.5. The van der Waals surface area contributed by atoms with Crippen LogP contribution in [0.4, 0.5) is 0 Å². The molecule has 2 aromatic carbocycles. The third kappa shape index (κ3) is 6.58. The van der Waals surface area contributed by atoms with Crippen LogP contribution in [0.2, 0.25) is 5.02 Å². The molecule has 0 aliphatic rings. The Kier molecular flexibility index (Phi) is 7.42. The average Bonchev–Trinajstić information content (AvgIpc) is 2.60. The minimum Gasteiger partial charge on any atom is -0.492 e. The molecule has 2 rings (SSSR count). The summed E-state index contributed by atoms with van der Waals surface area (Å²) in [5.41, 5.74) is 1.40. The molecule has 1 amide bonds. The van der Waals surface area contributed by atoms with Crippen LogP contribution in [0.1, 0.15) is 33.3 Å². The zero-order chi connectivity index (χ0) is 19.2. The SMILES string of the molecule is C[C@@H](Sc1ccc(Cl)cc1)C(=O)NCCOc1ccc(C(C)(C)C)cc1. The fraction of sp³-hybridized carbons (Fsp3) is 0.381. The third-order valence-corrected chi connectivity index (χ3v) is 5.25. The van der Waals surface area contributed by atoms with Crippen LogP contribution in [-0.2, 0) is 10.2 Å². The van der Waals surface area contributed by atoms with Gasteiger partial charge in [-0.05, 0) is 54.3 Å². The van der Waals surface area contributed by atoms with Crippen molar-refractivity contribution >= 4 is 29.3 Å². The summed E-state index contributed by atoms with van der Waals surface area (Å²) in [6.07, 6.45) is 0. The second kappa shape index (κ2) is 9.33. The summed E-state index contributed by atoms with van der Waals surface area (Å²) in [6, 6.07) is 15.6. The Bertz CT molecular complexity index is 708. The van der Waals surface area contributed by atoms with E-state index in [1.807, 2.05) is 43.3 Å². The number of rotatable bonds is 7. The summed E-state index contributed by atoms with van der Waals surface area (Å²) in [6.45, 7) is 9.36. The molecule has 0 aromatic heterocycles. The Morgan fingerprint density at radius 3 is 2.31 bits per heavy atom. The number of halogens is 1. The predicted molar refractivity (Wildman–Crippen MR) is 110 cm³/mol. The molecule has 0 fully saturated rings. The van der Waals surface area contributed by atoms with E-state index in [0.717, 1.165) is 10.6 Å². The number of thioether (sulfide) groups is 1. The van der Waals surface area contributed by atoms with Crippen molar-refractivity contribution in [3.8, 4) is 5.75 Å². The minimum atomic E-state index is -0.178. The molecule has 140 valence electrons. The first-order valence-electron chi connectivity index (χ1n) is 8.69. The van der Waals surface area contributed by atoms with E-state index in [9.17, 15) is 4.79 Å². The quantitative estimate of drug-likeness (QED) is 0.513. The average molecular weight is 392 g/mol. The molecule has 0 unspecified atom stereocenters. The van der Waals surface area contributed by atoms with Crippen LogP contribution in [0.5, 0.6) is 5.75 Å². The summed E-state index contributed by atoms with van der Waals surface area (Å²) in [7, 11) is 0. The standard InChI is InChI=1S/C21H26ClNO2S/c1-15(26-19-11-7-17(22)8-12-19)20(24)23-13-14-25-18-9-5-16(6-10-18)21(2,3)4/h5-12,15H,13-14H2,1-4H3,(H,23,24)/t15-/m1/s1. The lowest BCUT2D eigenvalue weighted by Crippen LogP contribution is -2.33. The fourth-order valence-corrected chi connectivity index (χ4v) is 3.33. The van der Waals surface area contributed by atoms with E-state index in [-0.39, 0.29) is 16.6 Å². The maximum Gasteiger partial charge on any atom is 0.233 e. The smallest absolute Gasteiger partial charge is 0.233 e. The van der Waals surface area contributed by atoms with Crippen molar-refractivity contribution in [3.05, 3.63) is 59.1 Å². The predicted octanol–water partition coefficient (Wildman–Crippen LogP) is 5.31. The van der Waals surface area contributed by atoms with Crippen molar-refractivity contribution < 1.29 is 9.53 Å². The fourth-order valence-electron chi connectivity index (χ4n) is 2.31. The second-order valence-corrected chi connectivity index (χ2v) is 8.98. The highest BCUT2D eigenvalue weighted by molar-refractivity contribution is 8.00. The first-order chi connectivity index (χ1) is 12.3. The summed E-state index contributed by atoms with van der Waals surface area (Å²) in [5, 5.41) is 3.42. The molecule has 0 saturated heterocycles. The molecule has 26 heavy (non-hydrogen) atoms. The number of hydrogen-bond donors (Lipinski definition) is 1. The van der Waals surface area contributed by atoms with Gasteiger partial charge in [0.15, 0.2) is 0 Å². The van der Waals surface area contributed by atoms with Gasteiger partial charge in [0.2, 0.25) is 5.91 Å². The van der Waals surface area contributed by atoms with E-state index in [4.69, 9.17) is 16.3 Å². The number of hydrogen-bond acceptors (Lipinski definition) is 3. The van der Waals surface area contributed by atoms with E-state index in [2.05, 4.69) is 38.2 Å². The maximum absolute atomic E-state index is 12.2. The lowest BCUT2D eigenvalue weighted by molar-refractivity contribution is -0.120. The van der Waals surface area contributed by atoms with E-state index >= 15 is 0 Å². The third-order valence-electron chi connectivity index (χ3n) is 3.89. The van der Waals surface area contributed by atoms with Crippen LogP contribution >= 0.6 is 23.4 Å². The molecule has 1 N–H and O–H groups in total. The van der Waals surface area contributed by atoms with Crippen LogP contribution in [-0.4, -0.2) is 24.3 Å². The highest BCUT2D eigenvalue weighted by Gasteiger charge is 2.14. The molecule has 0 heterocycles. The molecule has 5 heteroatoms. The summed E-state index contributed by atoms with van der Waals surface area (Å²) in [4.78, 5) is 13.2. The van der Waals surface area contributed by atoms with Crippen LogP contribution < -0.4 is 10.1 Å². The summed E-state index contributed by atoms with van der Waals surface area (Å²) in [5.74, 6) is 0.812. The number of benzene rings is 2. The Morgan fingerprint density at radius 1 is 1.12 bits per heavy atom. The molecule has 2 aromatic rings. The molecule has 0 saturated carbocycles. The molecule has 3 nitrogen and oxygen atoms in total. The molecular weight excluding hydrogens is 366 g/mol. The molecular formula is C21H26ClNO2S. The molecule has 0 aliphatic heterocycles. The molecule has 0 aliphatic carbocycles. The second-order valence-electron chi connectivity index (χ2n) is 7.13. The highest BCUT2D eigenvalue weighted by Crippen LogP contribution is 2.25. The van der Waals surface area contributed by atoms with E-state index in [0.29, 0.717) is 18.2 Å². The van der Waals surface area contributed by atoms with Crippen molar-refractivity contribution in [3.63, 3.8) is 0 Å². The highest BCUT2D eigenvalue weighted by atomic mass is 35.5. The Hall–Kier alpha value is -1.65. The number of ether oxygens (including phenoxy) is 1. The lowest BCUT2D eigenvalue weighted by atomic mass is 9.87. The van der Waals surface area contributed by atoms with Crippen molar-refractivity contribution in [1.82, 2.24) is 5.32 Å². The zero-order valence-corrected chi connectivity index (χ0v) is 17.3. The topological polar surface area (TPSA) is 38.3 Å². The molecule has 0 radical (unpaired) electrons. The Balaban J connectivity index is 1.71.